The monoisotopic (exact) mass is 263 g/mol. The van der Waals surface area contributed by atoms with Gasteiger partial charge in [-0.3, -0.25) is 4.68 Å². The van der Waals surface area contributed by atoms with Gasteiger partial charge in [-0.2, -0.15) is 5.10 Å². The average molecular weight is 263 g/mol. The Balaban J connectivity index is 2.23. The zero-order chi connectivity index (χ0) is 14.3. The van der Waals surface area contributed by atoms with Gasteiger partial charge in [-0.15, -0.1) is 0 Å². The number of aryl methyl sites for hydroxylation is 1. The summed E-state index contributed by atoms with van der Waals surface area (Å²) in [6.45, 7) is 8.50. The summed E-state index contributed by atoms with van der Waals surface area (Å²) in [5.41, 5.74) is 6.88. The highest BCUT2D eigenvalue weighted by Crippen LogP contribution is 2.38. The Labute approximate surface area is 114 Å². The third kappa shape index (κ3) is 2.75. The predicted octanol–water partition coefficient (Wildman–Crippen LogP) is 1.39. The fourth-order valence-corrected chi connectivity index (χ4v) is 1.92. The number of hydrogen-bond acceptors (Lipinski definition) is 4. The van der Waals surface area contributed by atoms with Gasteiger partial charge in [0.15, 0.2) is 0 Å². The molecule has 1 saturated heterocycles. The molecule has 5 nitrogen and oxygen atoms in total. The van der Waals surface area contributed by atoms with E-state index in [1.807, 2.05) is 53.1 Å². The van der Waals surface area contributed by atoms with Gasteiger partial charge in [-0.25, -0.2) is 0 Å². The number of rotatable bonds is 3. The second-order valence-electron chi connectivity index (χ2n) is 5.93. The molecule has 1 aliphatic heterocycles. The lowest BCUT2D eigenvalue weighted by Gasteiger charge is -2.32. The van der Waals surface area contributed by atoms with Crippen molar-refractivity contribution in [3.8, 4) is 0 Å². The minimum Gasteiger partial charge on any atom is -0.400 e. The second kappa shape index (κ2) is 4.78. The molecular formula is C13H22BN3O2. The largest absolute Gasteiger partial charge is 0.491 e. The molecule has 0 aromatic carbocycles. The maximum absolute atomic E-state index is 5.99. The van der Waals surface area contributed by atoms with E-state index in [2.05, 4.69) is 5.10 Å². The number of nitrogens with zero attached hydrogens (tertiary/aromatic N) is 2. The standard InChI is InChI=1S/C13H22BN3O2/c1-12(2)13(3,4)19-14(18-12)10(9-15)8-11-6-7-17(5)16-11/h6-8H,9,15H2,1-5H3. The third-order valence-electron chi connectivity index (χ3n) is 3.86. The lowest BCUT2D eigenvalue weighted by Crippen LogP contribution is -2.41. The van der Waals surface area contributed by atoms with Gasteiger partial charge in [0.2, 0.25) is 0 Å². The number of hydrogen-bond donors (Lipinski definition) is 1. The molecule has 1 aromatic heterocycles. The van der Waals surface area contributed by atoms with E-state index in [4.69, 9.17) is 15.0 Å². The molecule has 2 rings (SSSR count). The van der Waals surface area contributed by atoms with E-state index < -0.39 is 7.12 Å². The molecule has 1 aliphatic rings. The van der Waals surface area contributed by atoms with Gasteiger partial charge >= 0.3 is 7.12 Å². The Hall–Kier alpha value is -1.11. The molecular weight excluding hydrogens is 241 g/mol. The van der Waals surface area contributed by atoms with Gasteiger partial charge in [-0.1, -0.05) is 0 Å². The van der Waals surface area contributed by atoms with Crippen molar-refractivity contribution in [1.82, 2.24) is 9.78 Å². The van der Waals surface area contributed by atoms with Crippen LogP contribution in [0.2, 0.25) is 0 Å². The molecule has 0 atom stereocenters. The summed E-state index contributed by atoms with van der Waals surface area (Å²) in [6, 6.07) is 1.93. The molecule has 104 valence electrons. The molecule has 6 heteroatoms. The molecule has 19 heavy (non-hydrogen) atoms. The van der Waals surface area contributed by atoms with Gasteiger partial charge in [0.1, 0.15) is 0 Å². The van der Waals surface area contributed by atoms with Crippen LogP contribution in [0.5, 0.6) is 0 Å². The first kappa shape index (κ1) is 14.3. The number of nitrogens with two attached hydrogens (primary N) is 1. The Kier molecular flexibility index (Phi) is 3.60. The van der Waals surface area contributed by atoms with Gasteiger partial charge in [-0.05, 0) is 45.3 Å². The number of aromatic nitrogens is 2. The maximum atomic E-state index is 5.99. The van der Waals surface area contributed by atoms with E-state index in [-0.39, 0.29) is 11.2 Å². The first-order chi connectivity index (χ1) is 8.75. The zero-order valence-electron chi connectivity index (χ0n) is 12.3. The highest BCUT2D eigenvalue weighted by atomic mass is 16.7. The van der Waals surface area contributed by atoms with E-state index in [9.17, 15) is 0 Å². The van der Waals surface area contributed by atoms with Gasteiger partial charge in [0.05, 0.1) is 16.9 Å². The summed E-state index contributed by atoms with van der Waals surface area (Å²) in [7, 11) is 1.48. The molecule has 1 aromatic rings. The Bertz CT molecular complexity index is 478. The molecule has 0 radical (unpaired) electrons. The summed E-state index contributed by atoms with van der Waals surface area (Å²) < 4.78 is 13.7. The second-order valence-corrected chi connectivity index (χ2v) is 5.93. The van der Waals surface area contributed by atoms with Crippen LogP contribution in [0.15, 0.2) is 17.7 Å². The molecule has 1 fully saturated rings. The van der Waals surface area contributed by atoms with Crippen LogP contribution in [0.25, 0.3) is 6.08 Å². The van der Waals surface area contributed by atoms with Crippen molar-refractivity contribution in [2.75, 3.05) is 6.54 Å². The van der Waals surface area contributed by atoms with Gasteiger partial charge in [0.25, 0.3) is 0 Å². The van der Waals surface area contributed by atoms with Crippen molar-refractivity contribution in [3.05, 3.63) is 23.4 Å². The molecule has 0 spiro atoms. The molecule has 0 saturated carbocycles. The van der Waals surface area contributed by atoms with Crippen molar-refractivity contribution in [1.29, 1.82) is 0 Å². The third-order valence-corrected chi connectivity index (χ3v) is 3.86. The first-order valence-corrected chi connectivity index (χ1v) is 6.51. The molecule has 0 bridgehead atoms. The molecule has 2 heterocycles. The fraction of sp³-hybridized carbons (Fsp3) is 0.615. The lowest BCUT2D eigenvalue weighted by molar-refractivity contribution is 0.00578. The van der Waals surface area contributed by atoms with Crippen LogP contribution in [0.1, 0.15) is 33.4 Å². The van der Waals surface area contributed by atoms with Crippen LogP contribution < -0.4 is 5.73 Å². The summed E-state index contributed by atoms with van der Waals surface area (Å²) >= 11 is 0. The van der Waals surface area contributed by atoms with Crippen LogP contribution in [0.3, 0.4) is 0 Å². The topological polar surface area (TPSA) is 62.3 Å². The van der Waals surface area contributed by atoms with Crippen molar-refractivity contribution >= 4 is 13.2 Å². The van der Waals surface area contributed by atoms with Crippen molar-refractivity contribution < 1.29 is 9.31 Å². The summed E-state index contributed by atoms with van der Waals surface area (Å²) in [5, 5.41) is 4.32. The van der Waals surface area contributed by atoms with E-state index in [1.54, 1.807) is 4.68 Å². The Morgan fingerprint density at radius 3 is 2.37 bits per heavy atom. The van der Waals surface area contributed by atoms with Crippen molar-refractivity contribution in [2.45, 2.75) is 38.9 Å². The quantitative estimate of drug-likeness (QED) is 0.837. The molecule has 0 aliphatic carbocycles. The Morgan fingerprint density at radius 2 is 1.95 bits per heavy atom. The van der Waals surface area contributed by atoms with E-state index in [1.165, 1.54) is 0 Å². The predicted molar refractivity (Wildman–Crippen MR) is 76.3 cm³/mol. The van der Waals surface area contributed by atoms with E-state index in [0.29, 0.717) is 6.54 Å². The summed E-state index contributed by atoms with van der Waals surface area (Å²) in [4.78, 5) is 0. The van der Waals surface area contributed by atoms with Crippen molar-refractivity contribution in [2.24, 2.45) is 12.8 Å². The fourth-order valence-electron chi connectivity index (χ4n) is 1.92. The van der Waals surface area contributed by atoms with Crippen molar-refractivity contribution in [3.63, 3.8) is 0 Å². The summed E-state index contributed by atoms with van der Waals surface area (Å²) in [5.74, 6) is 0. The minimum atomic E-state index is -0.406. The lowest BCUT2D eigenvalue weighted by atomic mass is 9.77. The summed E-state index contributed by atoms with van der Waals surface area (Å²) in [6.07, 6.45) is 3.83. The average Bonchev–Trinajstić information content (AvgIpc) is 2.78. The Morgan fingerprint density at radius 1 is 1.37 bits per heavy atom. The van der Waals surface area contributed by atoms with E-state index >= 15 is 0 Å². The van der Waals surface area contributed by atoms with Gasteiger partial charge in [0, 0.05) is 19.8 Å². The highest BCUT2D eigenvalue weighted by Gasteiger charge is 2.52. The van der Waals surface area contributed by atoms with Crippen LogP contribution in [-0.4, -0.2) is 34.6 Å². The van der Waals surface area contributed by atoms with Gasteiger partial charge < -0.3 is 15.0 Å². The van der Waals surface area contributed by atoms with Crippen LogP contribution in [0.4, 0.5) is 0 Å². The molecule has 2 N–H and O–H groups in total. The zero-order valence-corrected chi connectivity index (χ0v) is 12.3. The first-order valence-electron chi connectivity index (χ1n) is 6.51. The normalized spacial score (nSPS) is 22.0. The van der Waals surface area contributed by atoms with Crippen LogP contribution in [0, 0.1) is 0 Å². The van der Waals surface area contributed by atoms with Crippen LogP contribution >= 0.6 is 0 Å². The molecule has 0 amide bonds. The highest BCUT2D eigenvalue weighted by molar-refractivity contribution is 6.55. The maximum Gasteiger partial charge on any atom is 0.491 e. The van der Waals surface area contributed by atoms with Crippen LogP contribution in [-0.2, 0) is 16.4 Å². The smallest absolute Gasteiger partial charge is 0.400 e. The minimum absolute atomic E-state index is 0.351. The van der Waals surface area contributed by atoms with E-state index in [0.717, 1.165) is 11.2 Å². The molecule has 0 unspecified atom stereocenters. The SMILES string of the molecule is Cn1ccc(C=C(CN)B2OC(C)(C)C(C)(C)O2)n1.